The molecule has 1 saturated heterocycles. The molecule has 1 fully saturated rings. The summed E-state index contributed by atoms with van der Waals surface area (Å²) in [6.07, 6.45) is 0. The Morgan fingerprint density at radius 2 is 1.78 bits per heavy atom. The highest BCUT2D eigenvalue weighted by atomic mass is 32.2. The Bertz CT molecular complexity index is 1500. The third kappa shape index (κ3) is 4.15. The van der Waals surface area contributed by atoms with Gasteiger partial charge in [0.2, 0.25) is 11.8 Å². The lowest BCUT2D eigenvalue weighted by Gasteiger charge is -2.31. The molecule has 3 aromatic rings. The van der Waals surface area contributed by atoms with Gasteiger partial charge >= 0.3 is 10.9 Å². The number of benzene rings is 2. The number of fused-ring (bicyclic) bond motifs is 2. The molecule has 3 heterocycles. The second-order valence-corrected chi connectivity index (χ2v) is 10.5. The first-order valence-electron chi connectivity index (χ1n) is 11.0. The van der Waals surface area contributed by atoms with Gasteiger partial charge in [0, 0.05) is 22.0 Å². The Balaban J connectivity index is 1.54. The average molecular weight is 541 g/mol. The van der Waals surface area contributed by atoms with Gasteiger partial charge in [0.25, 0.3) is 5.91 Å². The van der Waals surface area contributed by atoms with Crippen LogP contribution < -0.4 is 20.7 Å². The standard InChI is InChI=1S/C24H20N4O7S2/c1-35-12-8-6-11(7-9-12)26-15(30)10-27-22-19(37-24(27)34)16(13-4-2-3-5-14(13)29)17-18(36-22)21(32)28(20(17)31)23(25)33/h2-9,16-18,29H,10H2,1H3,(H2,25,33)(H,26,30)/t16-,17?,18?/m0/s1. The van der Waals surface area contributed by atoms with Crippen molar-refractivity contribution in [3.63, 3.8) is 0 Å². The molecular weight excluding hydrogens is 520 g/mol. The smallest absolute Gasteiger partial charge is 0.328 e. The predicted octanol–water partition coefficient (Wildman–Crippen LogP) is 1.93. The molecule has 0 spiro atoms. The highest BCUT2D eigenvalue weighted by molar-refractivity contribution is 8.00. The number of likely N-dealkylation sites (tertiary alicyclic amines) is 1. The zero-order chi connectivity index (χ0) is 26.4. The van der Waals surface area contributed by atoms with E-state index in [4.69, 9.17) is 10.5 Å². The molecule has 1 aromatic heterocycles. The Labute approximate surface area is 217 Å². The largest absolute Gasteiger partial charge is 0.508 e. The SMILES string of the molecule is COc1ccc(NC(=O)Cn2c3c(sc2=O)[C@@H](c2ccccc2O)C2C(=O)N(C(N)=O)C(=O)C2S3)cc1. The highest BCUT2D eigenvalue weighted by Gasteiger charge is 2.58. The van der Waals surface area contributed by atoms with Crippen molar-refractivity contribution in [2.45, 2.75) is 22.7 Å². The number of thioether (sulfide) groups is 1. The minimum absolute atomic E-state index is 0.133. The number of primary amides is 1. The number of methoxy groups -OCH3 is 1. The number of anilines is 1. The van der Waals surface area contributed by atoms with Crippen molar-refractivity contribution >= 4 is 52.5 Å². The summed E-state index contributed by atoms with van der Waals surface area (Å²) in [6, 6.07) is 11.7. The van der Waals surface area contributed by atoms with E-state index in [-0.39, 0.29) is 12.3 Å². The normalized spacial score (nSPS) is 20.4. The first-order valence-corrected chi connectivity index (χ1v) is 12.7. The third-order valence-corrected chi connectivity index (χ3v) is 8.82. The summed E-state index contributed by atoms with van der Waals surface area (Å²) in [6.45, 7) is -0.351. The molecule has 190 valence electrons. The van der Waals surface area contributed by atoms with E-state index in [0.717, 1.165) is 23.1 Å². The number of hydrogen-bond acceptors (Lipinski definition) is 9. The van der Waals surface area contributed by atoms with Crippen LogP contribution in [0.3, 0.4) is 0 Å². The summed E-state index contributed by atoms with van der Waals surface area (Å²) >= 11 is 1.77. The molecular formula is C24H20N4O7S2. The molecule has 0 aliphatic carbocycles. The predicted molar refractivity (Wildman–Crippen MR) is 135 cm³/mol. The molecule has 13 heteroatoms. The van der Waals surface area contributed by atoms with Crippen molar-refractivity contribution in [1.82, 2.24) is 9.47 Å². The number of phenolic OH excluding ortho intramolecular Hbond substituents is 1. The Hall–Kier alpha value is -4.10. The Morgan fingerprint density at radius 1 is 1.08 bits per heavy atom. The molecule has 2 unspecified atom stereocenters. The van der Waals surface area contributed by atoms with Gasteiger partial charge in [-0.05, 0) is 30.3 Å². The Kier molecular flexibility index (Phi) is 6.25. The number of nitrogens with two attached hydrogens (primary N) is 1. The van der Waals surface area contributed by atoms with E-state index in [1.54, 1.807) is 42.5 Å². The van der Waals surface area contributed by atoms with Crippen LogP contribution in [-0.2, 0) is 20.9 Å². The zero-order valence-electron chi connectivity index (χ0n) is 19.2. The fourth-order valence-electron chi connectivity index (χ4n) is 4.58. The number of carbonyl (C=O) groups is 4. The van der Waals surface area contributed by atoms with Crippen molar-refractivity contribution < 1.29 is 29.0 Å². The van der Waals surface area contributed by atoms with Gasteiger partial charge in [-0.1, -0.05) is 41.3 Å². The molecule has 2 aromatic carbocycles. The van der Waals surface area contributed by atoms with E-state index in [9.17, 15) is 29.1 Å². The maximum Gasteiger partial charge on any atom is 0.328 e. The van der Waals surface area contributed by atoms with Crippen LogP contribution in [-0.4, -0.2) is 50.7 Å². The quantitative estimate of drug-likeness (QED) is 0.414. The fourth-order valence-corrected chi connectivity index (χ4v) is 7.34. The number of amides is 5. The summed E-state index contributed by atoms with van der Waals surface area (Å²) < 4.78 is 6.34. The molecule has 0 saturated carbocycles. The maximum atomic E-state index is 13.2. The minimum atomic E-state index is -1.19. The van der Waals surface area contributed by atoms with Gasteiger partial charge in [-0.25, -0.2) is 4.79 Å². The number of urea groups is 1. The molecule has 0 bridgehead atoms. The second-order valence-electron chi connectivity index (χ2n) is 8.35. The molecule has 2 aliphatic rings. The van der Waals surface area contributed by atoms with E-state index >= 15 is 0 Å². The number of rotatable bonds is 5. The van der Waals surface area contributed by atoms with Crippen molar-refractivity contribution in [1.29, 1.82) is 0 Å². The van der Waals surface area contributed by atoms with Crippen LogP contribution in [0.4, 0.5) is 10.5 Å². The van der Waals surface area contributed by atoms with Crippen molar-refractivity contribution in [3.8, 4) is 11.5 Å². The van der Waals surface area contributed by atoms with E-state index in [2.05, 4.69) is 5.32 Å². The number of para-hydroxylation sites is 1. The number of ether oxygens (including phenoxy) is 1. The molecule has 5 amide bonds. The number of phenols is 1. The van der Waals surface area contributed by atoms with Crippen LogP contribution in [0.2, 0.25) is 0 Å². The first kappa shape index (κ1) is 24.6. The number of hydrogen-bond donors (Lipinski definition) is 3. The number of aromatic hydroxyl groups is 1. The topological polar surface area (TPSA) is 161 Å². The van der Waals surface area contributed by atoms with Gasteiger partial charge in [-0.15, -0.1) is 0 Å². The summed E-state index contributed by atoms with van der Waals surface area (Å²) in [5.74, 6) is -3.56. The van der Waals surface area contributed by atoms with Gasteiger partial charge in [0.1, 0.15) is 23.3 Å². The number of nitrogens with one attached hydrogen (secondary N) is 1. The molecule has 37 heavy (non-hydrogen) atoms. The van der Waals surface area contributed by atoms with Crippen molar-refractivity contribution in [2.75, 3.05) is 12.4 Å². The molecule has 4 N–H and O–H groups in total. The molecule has 3 atom stereocenters. The van der Waals surface area contributed by atoms with Gasteiger partial charge in [0.05, 0.1) is 18.1 Å². The molecule has 5 rings (SSSR count). The third-order valence-electron chi connectivity index (χ3n) is 6.22. The number of carbonyl (C=O) groups excluding carboxylic acids is 4. The van der Waals surface area contributed by atoms with Crippen LogP contribution in [0.5, 0.6) is 11.5 Å². The van der Waals surface area contributed by atoms with Crippen molar-refractivity contribution in [3.05, 3.63) is 68.6 Å². The number of imide groups is 3. The summed E-state index contributed by atoms with van der Waals surface area (Å²) in [4.78, 5) is 64.4. The van der Waals surface area contributed by atoms with E-state index in [0.29, 0.717) is 31.8 Å². The number of aromatic nitrogens is 1. The van der Waals surface area contributed by atoms with Gasteiger partial charge in [-0.3, -0.25) is 23.7 Å². The zero-order valence-corrected chi connectivity index (χ0v) is 20.9. The van der Waals surface area contributed by atoms with Crippen LogP contribution >= 0.6 is 23.1 Å². The van der Waals surface area contributed by atoms with Crippen LogP contribution in [0.1, 0.15) is 16.4 Å². The Morgan fingerprint density at radius 3 is 2.43 bits per heavy atom. The van der Waals surface area contributed by atoms with E-state index in [1.807, 2.05) is 0 Å². The number of thiazole rings is 1. The fraction of sp³-hybridized carbons (Fsp3) is 0.208. The first-order chi connectivity index (χ1) is 17.7. The lowest BCUT2D eigenvalue weighted by atomic mass is 9.82. The van der Waals surface area contributed by atoms with Crippen LogP contribution in [0.25, 0.3) is 0 Å². The van der Waals surface area contributed by atoms with E-state index < -0.39 is 45.7 Å². The van der Waals surface area contributed by atoms with Crippen molar-refractivity contribution in [2.24, 2.45) is 11.7 Å². The average Bonchev–Trinajstić information content (AvgIpc) is 3.31. The van der Waals surface area contributed by atoms with Gasteiger partial charge < -0.3 is 20.9 Å². The van der Waals surface area contributed by atoms with Crippen LogP contribution in [0.15, 0.2) is 58.4 Å². The molecule has 2 aliphatic heterocycles. The molecule has 0 radical (unpaired) electrons. The maximum absolute atomic E-state index is 13.2. The summed E-state index contributed by atoms with van der Waals surface area (Å²) in [5.41, 5.74) is 6.13. The second kappa shape index (κ2) is 9.41. The molecule has 11 nitrogen and oxygen atoms in total. The minimum Gasteiger partial charge on any atom is -0.508 e. The monoisotopic (exact) mass is 540 g/mol. The summed E-state index contributed by atoms with van der Waals surface area (Å²) in [5, 5.41) is 12.6. The lowest BCUT2D eigenvalue weighted by Crippen LogP contribution is -2.41. The van der Waals surface area contributed by atoms with Gasteiger partial charge in [-0.2, -0.15) is 4.90 Å². The summed E-state index contributed by atoms with van der Waals surface area (Å²) in [7, 11) is 1.52. The number of nitrogens with zero attached hydrogens (tertiary/aromatic N) is 2. The van der Waals surface area contributed by atoms with Crippen LogP contribution in [0, 0.1) is 5.92 Å². The lowest BCUT2D eigenvalue weighted by molar-refractivity contribution is -0.135. The van der Waals surface area contributed by atoms with Gasteiger partial charge in [0.15, 0.2) is 0 Å². The highest BCUT2D eigenvalue weighted by Crippen LogP contribution is 2.54. The van der Waals surface area contributed by atoms with E-state index in [1.165, 1.54) is 17.7 Å².